The molecular formula is C16H14N2O. The number of ether oxygens (including phenoxy) is 1. The summed E-state index contributed by atoms with van der Waals surface area (Å²) in [6.45, 7) is 1.99. The molecule has 94 valence electrons. The molecule has 1 heterocycles. The van der Waals surface area contributed by atoms with Crippen molar-refractivity contribution in [3.63, 3.8) is 0 Å². The predicted octanol–water partition coefficient (Wildman–Crippen LogP) is 3.61. The Labute approximate surface area is 111 Å². The highest BCUT2D eigenvalue weighted by atomic mass is 16.5. The van der Waals surface area contributed by atoms with Crippen molar-refractivity contribution >= 4 is 10.9 Å². The summed E-state index contributed by atoms with van der Waals surface area (Å²) in [4.78, 5) is 0. The Morgan fingerprint density at radius 2 is 1.63 bits per heavy atom. The summed E-state index contributed by atoms with van der Waals surface area (Å²) in [6.07, 6.45) is 0. The van der Waals surface area contributed by atoms with Gasteiger partial charge in [-0.1, -0.05) is 30.3 Å². The zero-order valence-electron chi connectivity index (χ0n) is 10.9. The smallest absolute Gasteiger partial charge is 0.118 e. The number of aromatic nitrogens is 2. The Morgan fingerprint density at radius 3 is 2.37 bits per heavy atom. The van der Waals surface area contributed by atoms with Crippen LogP contribution in [0.3, 0.4) is 0 Å². The van der Waals surface area contributed by atoms with Crippen molar-refractivity contribution in [2.24, 2.45) is 0 Å². The maximum atomic E-state index is 5.19. The van der Waals surface area contributed by atoms with Crippen LogP contribution in [0.15, 0.2) is 48.5 Å². The number of rotatable bonds is 2. The highest BCUT2D eigenvalue weighted by Gasteiger charge is 2.09. The predicted molar refractivity (Wildman–Crippen MR) is 76.3 cm³/mol. The molecule has 0 aliphatic rings. The Kier molecular flexibility index (Phi) is 2.88. The molecule has 3 rings (SSSR count). The second-order valence-corrected chi connectivity index (χ2v) is 4.41. The molecule has 0 radical (unpaired) electrons. The highest BCUT2D eigenvalue weighted by Crippen LogP contribution is 2.30. The van der Waals surface area contributed by atoms with Gasteiger partial charge in [0.2, 0.25) is 0 Å². The third-order valence-corrected chi connectivity index (χ3v) is 3.22. The van der Waals surface area contributed by atoms with Crippen molar-refractivity contribution in [3.8, 4) is 16.9 Å². The number of benzene rings is 2. The number of nitrogens with zero attached hydrogens (tertiary/aromatic N) is 2. The monoisotopic (exact) mass is 250 g/mol. The number of methoxy groups -OCH3 is 1. The normalized spacial score (nSPS) is 10.6. The van der Waals surface area contributed by atoms with Crippen molar-refractivity contribution in [2.45, 2.75) is 6.92 Å². The maximum Gasteiger partial charge on any atom is 0.118 e. The minimum Gasteiger partial charge on any atom is -0.497 e. The van der Waals surface area contributed by atoms with E-state index >= 15 is 0 Å². The Morgan fingerprint density at radius 1 is 0.895 bits per heavy atom. The molecule has 0 unspecified atom stereocenters. The molecule has 0 aliphatic heterocycles. The van der Waals surface area contributed by atoms with Gasteiger partial charge in [0, 0.05) is 10.9 Å². The molecule has 0 saturated carbocycles. The average molecular weight is 250 g/mol. The number of hydrogen-bond acceptors (Lipinski definition) is 3. The Hall–Kier alpha value is -2.42. The molecule has 0 aliphatic carbocycles. The summed E-state index contributed by atoms with van der Waals surface area (Å²) in [7, 11) is 1.67. The van der Waals surface area contributed by atoms with Gasteiger partial charge in [-0.25, -0.2) is 0 Å². The third-order valence-electron chi connectivity index (χ3n) is 3.22. The molecule has 19 heavy (non-hydrogen) atoms. The number of hydrogen-bond donors (Lipinski definition) is 0. The van der Waals surface area contributed by atoms with Crippen molar-refractivity contribution in [1.82, 2.24) is 10.2 Å². The molecule has 0 saturated heterocycles. The standard InChI is InChI=1S/C16H14N2O/c1-11-16(12-7-9-13(19-2)10-8-12)14-5-3-4-6-15(14)18-17-11/h3-10H,1-2H3. The minimum atomic E-state index is 0.854. The van der Waals surface area contributed by atoms with Gasteiger partial charge in [0.15, 0.2) is 0 Å². The SMILES string of the molecule is COc1ccc(-c2c(C)nnc3ccccc23)cc1. The van der Waals surface area contributed by atoms with Gasteiger partial charge in [-0.2, -0.15) is 10.2 Å². The Bertz CT molecular complexity index is 720. The van der Waals surface area contributed by atoms with Gasteiger partial charge in [0.1, 0.15) is 5.75 Å². The molecule has 2 aromatic carbocycles. The van der Waals surface area contributed by atoms with Crippen LogP contribution in [0, 0.1) is 6.92 Å². The average Bonchev–Trinajstić information content (AvgIpc) is 2.47. The summed E-state index contributed by atoms with van der Waals surface area (Å²) < 4.78 is 5.19. The highest BCUT2D eigenvalue weighted by molar-refractivity contribution is 5.95. The van der Waals surface area contributed by atoms with Crippen molar-refractivity contribution in [3.05, 3.63) is 54.2 Å². The first-order valence-corrected chi connectivity index (χ1v) is 6.16. The summed E-state index contributed by atoms with van der Waals surface area (Å²) in [6, 6.07) is 16.1. The van der Waals surface area contributed by atoms with Crippen LogP contribution < -0.4 is 4.74 Å². The molecule has 0 N–H and O–H groups in total. The fourth-order valence-electron chi connectivity index (χ4n) is 2.27. The molecule has 3 aromatic rings. The lowest BCUT2D eigenvalue weighted by Crippen LogP contribution is -1.94. The van der Waals surface area contributed by atoms with Crippen LogP contribution in [0.4, 0.5) is 0 Å². The van der Waals surface area contributed by atoms with Crippen LogP contribution in [0.25, 0.3) is 22.0 Å². The largest absolute Gasteiger partial charge is 0.497 e. The molecule has 0 amide bonds. The van der Waals surface area contributed by atoms with E-state index < -0.39 is 0 Å². The van der Waals surface area contributed by atoms with Crippen LogP contribution in [0.5, 0.6) is 5.75 Å². The molecule has 3 nitrogen and oxygen atoms in total. The van der Waals surface area contributed by atoms with Crippen LogP contribution in [0.2, 0.25) is 0 Å². The number of fused-ring (bicyclic) bond motifs is 1. The molecule has 1 aromatic heterocycles. The second kappa shape index (κ2) is 4.69. The fourth-order valence-corrected chi connectivity index (χ4v) is 2.27. The van der Waals surface area contributed by atoms with Crippen LogP contribution in [0.1, 0.15) is 5.69 Å². The van der Waals surface area contributed by atoms with Gasteiger partial charge in [0.25, 0.3) is 0 Å². The van der Waals surface area contributed by atoms with Crippen LogP contribution in [-0.2, 0) is 0 Å². The maximum absolute atomic E-state index is 5.19. The zero-order valence-corrected chi connectivity index (χ0v) is 10.9. The van der Waals surface area contributed by atoms with Gasteiger partial charge < -0.3 is 4.74 Å². The van der Waals surface area contributed by atoms with Gasteiger partial charge in [0.05, 0.1) is 18.3 Å². The van der Waals surface area contributed by atoms with E-state index in [0.29, 0.717) is 0 Å². The Balaban J connectivity index is 2.25. The molecule has 0 fully saturated rings. The van der Waals surface area contributed by atoms with E-state index in [1.165, 1.54) is 0 Å². The van der Waals surface area contributed by atoms with E-state index in [1.807, 2.05) is 37.3 Å². The second-order valence-electron chi connectivity index (χ2n) is 4.41. The topological polar surface area (TPSA) is 35.0 Å². The van der Waals surface area contributed by atoms with Crippen molar-refractivity contribution < 1.29 is 4.74 Å². The minimum absolute atomic E-state index is 0.854. The lowest BCUT2D eigenvalue weighted by Gasteiger charge is -2.09. The van der Waals surface area contributed by atoms with Crippen molar-refractivity contribution in [1.29, 1.82) is 0 Å². The molecule has 0 atom stereocenters. The third kappa shape index (κ3) is 2.03. The van der Waals surface area contributed by atoms with Gasteiger partial charge >= 0.3 is 0 Å². The van der Waals surface area contributed by atoms with E-state index in [2.05, 4.69) is 28.4 Å². The quantitative estimate of drug-likeness (QED) is 0.696. The molecule has 0 spiro atoms. The van der Waals surface area contributed by atoms with Gasteiger partial charge in [-0.15, -0.1) is 0 Å². The molecule has 0 bridgehead atoms. The van der Waals surface area contributed by atoms with E-state index in [0.717, 1.165) is 33.5 Å². The van der Waals surface area contributed by atoms with Crippen LogP contribution >= 0.6 is 0 Å². The first kappa shape index (κ1) is 11.7. The molecule has 3 heteroatoms. The van der Waals surface area contributed by atoms with E-state index in [9.17, 15) is 0 Å². The van der Waals surface area contributed by atoms with E-state index in [1.54, 1.807) is 7.11 Å². The van der Waals surface area contributed by atoms with E-state index in [-0.39, 0.29) is 0 Å². The van der Waals surface area contributed by atoms with Gasteiger partial charge in [-0.3, -0.25) is 0 Å². The summed E-state index contributed by atoms with van der Waals surface area (Å²) in [5.41, 5.74) is 4.11. The summed E-state index contributed by atoms with van der Waals surface area (Å²) in [5.74, 6) is 0.854. The molecular weight excluding hydrogens is 236 g/mol. The van der Waals surface area contributed by atoms with Gasteiger partial charge in [-0.05, 0) is 30.7 Å². The number of aryl methyl sites for hydroxylation is 1. The lowest BCUT2D eigenvalue weighted by atomic mass is 10.00. The summed E-state index contributed by atoms with van der Waals surface area (Å²) >= 11 is 0. The first-order chi connectivity index (χ1) is 9.29. The van der Waals surface area contributed by atoms with Crippen LogP contribution in [-0.4, -0.2) is 17.3 Å². The summed E-state index contributed by atoms with van der Waals surface area (Å²) in [5, 5.41) is 9.60. The fraction of sp³-hybridized carbons (Fsp3) is 0.125. The first-order valence-electron chi connectivity index (χ1n) is 6.16. The van der Waals surface area contributed by atoms with E-state index in [4.69, 9.17) is 4.74 Å². The zero-order chi connectivity index (χ0) is 13.2. The van der Waals surface area contributed by atoms with Crippen molar-refractivity contribution in [2.75, 3.05) is 7.11 Å². The lowest BCUT2D eigenvalue weighted by molar-refractivity contribution is 0.415.